The lowest BCUT2D eigenvalue weighted by Gasteiger charge is -2.33. The quantitative estimate of drug-likeness (QED) is 0.378. The highest BCUT2D eigenvalue weighted by molar-refractivity contribution is 9.10. The Morgan fingerprint density at radius 1 is 0.902 bits per heavy atom. The summed E-state index contributed by atoms with van der Waals surface area (Å²) in [6.07, 6.45) is 3.75. The summed E-state index contributed by atoms with van der Waals surface area (Å²) in [5, 5.41) is 0. The number of amides is 1. The predicted molar refractivity (Wildman–Crippen MR) is 159 cm³/mol. The van der Waals surface area contributed by atoms with Crippen molar-refractivity contribution in [2.45, 2.75) is 84.0 Å². The van der Waals surface area contributed by atoms with Crippen molar-refractivity contribution in [3.8, 4) is 0 Å². The molecule has 2 fully saturated rings. The molecule has 2 aromatic rings. The highest BCUT2D eigenvalue weighted by Crippen LogP contribution is 2.21. The fraction of sp³-hybridized carbons (Fsp3) is 0.581. The molecule has 0 aromatic heterocycles. The van der Waals surface area contributed by atoms with Crippen LogP contribution in [0.1, 0.15) is 63.1 Å². The summed E-state index contributed by atoms with van der Waals surface area (Å²) in [4.78, 5) is 16.0. The fourth-order valence-electron chi connectivity index (χ4n) is 4.59. The highest BCUT2D eigenvalue weighted by atomic mass is 79.9. The predicted octanol–water partition coefficient (Wildman–Crippen LogP) is 6.40. The number of halogens is 3. The third-order valence-corrected chi connectivity index (χ3v) is 7.70. The summed E-state index contributed by atoms with van der Waals surface area (Å²) < 4.78 is 44.5. The molecule has 1 amide bonds. The fourth-order valence-corrected chi connectivity index (χ4v) is 4.83. The van der Waals surface area contributed by atoms with Crippen molar-refractivity contribution in [2.75, 3.05) is 33.2 Å². The number of nitrogens with zero attached hydrogens (tertiary/aromatic N) is 2. The minimum atomic E-state index is -0.476. The van der Waals surface area contributed by atoms with Crippen molar-refractivity contribution >= 4 is 22.0 Å². The molecule has 0 unspecified atom stereocenters. The van der Waals surface area contributed by atoms with Gasteiger partial charge in [-0.2, -0.15) is 0 Å². The molecule has 2 saturated heterocycles. The van der Waals surface area contributed by atoms with Gasteiger partial charge in [0.05, 0.1) is 29.9 Å². The maximum absolute atomic E-state index is 13.5. The van der Waals surface area contributed by atoms with E-state index >= 15 is 0 Å². The molecule has 7 nitrogen and oxygen atoms in total. The van der Waals surface area contributed by atoms with Gasteiger partial charge in [-0.25, -0.2) is 13.6 Å². The van der Waals surface area contributed by atoms with Crippen LogP contribution in [0, 0.1) is 11.6 Å². The Labute approximate surface area is 251 Å². The van der Waals surface area contributed by atoms with Gasteiger partial charge in [-0.05, 0) is 98.8 Å². The average Bonchev–Trinajstić information content (AvgIpc) is 2.93. The number of likely N-dealkylation sites (tertiary alicyclic amines) is 2. The zero-order chi connectivity index (χ0) is 30.0. The smallest absolute Gasteiger partial charge is 0.410 e. The van der Waals surface area contributed by atoms with E-state index in [1.807, 2.05) is 32.9 Å². The number of hydrogen-bond donors (Lipinski definition) is 1. The van der Waals surface area contributed by atoms with E-state index in [9.17, 15) is 13.6 Å². The van der Waals surface area contributed by atoms with Crippen LogP contribution >= 0.6 is 15.9 Å². The number of hydrogen-bond acceptors (Lipinski definition) is 6. The van der Waals surface area contributed by atoms with Crippen molar-refractivity contribution in [3.63, 3.8) is 0 Å². The second kappa shape index (κ2) is 15.9. The Balaban J connectivity index is 0.000000232. The van der Waals surface area contributed by atoms with E-state index in [1.54, 1.807) is 17.0 Å². The first-order chi connectivity index (χ1) is 19.4. The van der Waals surface area contributed by atoms with Gasteiger partial charge >= 0.3 is 6.09 Å². The van der Waals surface area contributed by atoms with Crippen molar-refractivity contribution in [1.82, 2.24) is 9.80 Å². The normalized spacial score (nSPS) is 17.2. The monoisotopic (exact) mass is 639 g/mol. The van der Waals surface area contributed by atoms with Gasteiger partial charge in [0.1, 0.15) is 17.2 Å². The number of carbonyl (C=O) groups excluding carboxylic acids is 1. The van der Waals surface area contributed by atoms with E-state index in [2.05, 4.69) is 27.9 Å². The SMILES string of the molecule is CC(C)(C)OC(=O)N1CCC(OCc2ccc(Br)c(F)c2)CC1.CN1CCC(OCc2ccc(CN)c(F)c2)CC1. The van der Waals surface area contributed by atoms with Crippen LogP contribution in [0.15, 0.2) is 40.9 Å². The number of piperidine rings is 2. The van der Waals surface area contributed by atoms with Crippen LogP contribution in [-0.4, -0.2) is 66.9 Å². The minimum Gasteiger partial charge on any atom is -0.444 e. The number of carbonyl (C=O) groups is 1. The first-order valence-corrected chi connectivity index (χ1v) is 15.0. The topological polar surface area (TPSA) is 77.3 Å². The van der Waals surface area contributed by atoms with Crippen LogP contribution in [0.5, 0.6) is 0 Å². The molecule has 0 atom stereocenters. The van der Waals surface area contributed by atoms with Crippen LogP contribution in [-0.2, 0) is 34.0 Å². The van der Waals surface area contributed by atoms with E-state index in [0.29, 0.717) is 42.4 Å². The Morgan fingerprint density at radius 3 is 1.90 bits per heavy atom. The van der Waals surface area contributed by atoms with Crippen molar-refractivity contribution < 1.29 is 27.8 Å². The molecule has 2 N–H and O–H groups in total. The van der Waals surface area contributed by atoms with Crippen LogP contribution in [0.4, 0.5) is 13.6 Å². The molecule has 4 rings (SSSR count). The summed E-state index contributed by atoms with van der Waals surface area (Å²) in [5.41, 5.74) is 7.19. The molecule has 0 saturated carbocycles. The molecule has 0 spiro atoms. The molecule has 10 heteroatoms. The Hall–Kier alpha value is -2.11. The van der Waals surface area contributed by atoms with Gasteiger partial charge in [0.25, 0.3) is 0 Å². The summed E-state index contributed by atoms with van der Waals surface area (Å²) in [6, 6.07) is 10.1. The van der Waals surface area contributed by atoms with Gasteiger partial charge in [-0.1, -0.05) is 18.2 Å². The van der Waals surface area contributed by atoms with Gasteiger partial charge in [0.2, 0.25) is 0 Å². The highest BCUT2D eigenvalue weighted by Gasteiger charge is 2.27. The van der Waals surface area contributed by atoms with E-state index in [0.717, 1.165) is 49.9 Å². The maximum atomic E-state index is 13.5. The maximum Gasteiger partial charge on any atom is 0.410 e. The van der Waals surface area contributed by atoms with Crippen molar-refractivity contribution in [2.24, 2.45) is 5.73 Å². The van der Waals surface area contributed by atoms with Gasteiger partial charge in [-0.3, -0.25) is 0 Å². The number of rotatable bonds is 7. The van der Waals surface area contributed by atoms with Gasteiger partial charge in [0, 0.05) is 38.3 Å². The molecular formula is C31H44BrF2N3O4. The molecule has 2 heterocycles. The Bertz CT molecular complexity index is 1120. The zero-order valence-electron chi connectivity index (χ0n) is 24.6. The molecule has 0 bridgehead atoms. The molecular weight excluding hydrogens is 596 g/mol. The zero-order valence-corrected chi connectivity index (χ0v) is 26.2. The van der Waals surface area contributed by atoms with Crippen molar-refractivity contribution in [3.05, 3.63) is 69.2 Å². The van der Waals surface area contributed by atoms with E-state index in [-0.39, 0.29) is 30.4 Å². The lowest BCUT2D eigenvalue weighted by atomic mass is 10.1. The van der Waals surface area contributed by atoms with Crippen LogP contribution in [0.25, 0.3) is 0 Å². The van der Waals surface area contributed by atoms with Crippen LogP contribution in [0.2, 0.25) is 0 Å². The minimum absolute atomic E-state index is 0.0837. The molecule has 2 aliphatic rings. The average molecular weight is 641 g/mol. The molecule has 0 radical (unpaired) electrons. The second-order valence-electron chi connectivity index (χ2n) is 11.7. The van der Waals surface area contributed by atoms with Gasteiger partial charge < -0.3 is 29.7 Å². The summed E-state index contributed by atoms with van der Waals surface area (Å²) in [7, 11) is 2.12. The van der Waals surface area contributed by atoms with E-state index < -0.39 is 5.60 Å². The largest absolute Gasteiger partial charge is 0.444 e. The Morgan fingerprint density at radius 2 is 1.41 bits per heavy atom. The molecule has 228 valence electrons. The van der Waals surface area contributed by atoms with Gasteiger partial charge in [0.15, 0.2) is 0 Å². The molecule has 2 aliphatic heterocycles. The summed E-state index contributed by atoms with van der Waals surface area (Å²) >= 11 is 3.13. The lowest BCUT2D eigenvalue weighted by Crippen LogP contribution is -2.43. The van der Waals surface area contributed by atoms with E-state index in [4.69, 9.17) is 19.9 Å². The van der Waals surface area contributed by atoms with Gasteiger partial charge in [-0.15, -0.1) is 0 Å². The first-order valence-electron chi connectivity index (χ1n) is 14.2. The third-order valence-electron chi connectivity index (χ3n) is 7.05. The summed E-state index contributed by atoms with van der Waals surface area (Å²) in [6.45, 7) is 10.1. The standard InChI is InChI=1S/C17H23BrFNO3.C14H21FN2O/c1-17(2,3)23-16(21)20-8-6-13(7-9-20)22-11-12-4-5-14(18)15(19)10-12;1-17-6-4-13(5-7-17)18-10-11-2-3-12(9-16)14(15)8-11/h4-5,10,13H,6-9,11H2,1-3H3;2-3,8,13H,4-7,9-10,16H2,1H3. The molecule has 41 heavy (non-hydrogen) atoms. The summed E-state index contributed by atoms with van der Waals surface area (Å²) in [5.74, 6) is -0.521. The lowest BCUT2D eigenvalue weighted by molar-refractivity contribution is -0.0171. The number of benzene rings is 2. The van der Waals surface area contributed by atoms with Crippen LogP contribution < -0.4 is 5.73 Å². The number of nitrogens with two attached hydrogens (primary N) is 1. The molecule has 0 aliphatic carbocycles. The van der Waals surface area contributed by atoms with Crippen LogP contribution in [0.3, 0.4) is 0 Å². The third kappa shape index (κ3) is 11.6. The van der Waals surface area contributed by atoms with Crippen molar-refractivity contribution in [1.29, 1.82) is 0 Å². The Kier molecular flexibility index (Phi) is 13.0. The second-order valence-corrected chi connectivity index (χ2v) is 12.5. The molecule has 2 aromatic carbocycles. The van der Waals surface area contributed by atoms with E-state index in [1.165, 1.54) is 12.1 Å². The first kappa shape index (κ1) is 33.4. The number of ether oxygens (including phenoxy) is 3.